The van der Waals surface area contributed by atoms with Gasteiger partial charge in [0.25, 0.3) is 0 Å². The highest BCUT2D eigenvalue weighted by molar-refractivity contribution is 7.99. The fourth-order valence-corrected chi connectivity index (χ4v) is 2.65. The van der Waals surface area contributed by atoms with Gasteiger partial charge in [0, 0.05) is 11.5 Å². The van der Waals surface area contributed by atoms with Crippen molar-refractivity contribution < 1.29 is 19.8 Å². The fraction of sp³-hybridized carbons (Fsp3) is 0.333. The van der Waals surface area contributed by atoms with Gasteiger partial charge in [-0.3, -0.25) is 9.59 Å². The van der Waals surface area contributed by atoms with E-state index in [-0.39, 0.29) is 11.5 Å². The van der Waals surface area contributed by atoms with Crippen LogP contribution in [0.2, 0.25) is 0 Å². The van der Waals surface area contributed by atoms with Crippen molar-refractivity contribution >= 4 is 35.5 Å². The van der Waals surface area contributed by atoms with Gasteiger partial charge in [-0.05, 0) is 11.1 Å². The summed E-state index contributed by atoms with van der Waals surface area (Å²) in [6.45, 7) is 0. The number of carboxylic acids is 2. The molecular formula is C12H14O4S2. The molecule has 0 bridgehead atoms. The van der Waals surface area contributed by atoms with E-state index < -0.39 is 11.9 Å². The SMILES string of the molecule is O=C(O)CSCc1ccc(CSCC(=O)O)cc1. The van der Waals surface area contributed by atoms with Crippen LogP contribution < -0.4 is 0 Å². The molecule has 0 aliphatic rings. The van der Waals surface area contributed by atoms with Crippen molar-refractivity contribution in [2.24, 2.45) is 0 Å². The number of carbonyl (C=O) groups is 2. The van der Waals surface area contributed by atoms with Gasteiger partial charge in [-0.1, -0.05) is 24.3 Å². The molecule has 0 aliphatic carbocycles. The first-order valence-electron chi connectivity index (χ1n) is 5.25. The maximum atomic E-state index is 10.3. The largest absolute Gasteiger partial charge is 0.481 e. The van der Waals surface area contributed by atoms with Gasteiger partial charge in [-0.15, -0.1) is 23.5 Å². The van der Waals surface area contributed by atoms with Gasteiger partial charge in [0.05, 0.1) is 11.5 Å². The van der Waals surface area contributed by atoms with E-state index in [2.05, 4.69) is 0 Å². The normalized spacial score (nSPS) is 10.2. The van der Waals surface area contributed by atoms with Crippen molar-refractivity contribution in [1.82, 2.24) is 0 Å². The van der Waals surface area contributed by atoms with Gasteiger partial charge in [-0.2, -0.15) is 0 Å². The molecule has 1 aromatic carbocycles. The third-order valence-electron chi connectivity index (χ3n) is 2.01. The molecule has 0 aromatic heterocycles. The van der Waals surface area contributed by atoms with Crippen molar-refractivity contribution in [3.05, 3.63) is 35.4 Å². The van der Waals surface area contributed by atoms with E-state index in [1.807, 2.05) is 24.3 Å². The minimum absolute atomic E-state index is 0.107. The van der Waals surface area contributed by atoms with Crippen LogP contribution in [0.5, 0.6) is 0 Å². The standard InChI is InChI=1S/C12H14O4S2/c13-11(14)7-17-5-9-1-2-10(4-3-9)6-18-8-12(15)16/h1-4H,5-8H2,(H,13,14)(H,15,16). The van der Waals surface area contributed by atoms with E-state index in [0.717, 1.165) is 11.1 Å². The van der Waals surface area contributed by atoms with Gasteiger partial charge in [-0.25, -0.2) is 0 Å². The van der Waals surface area contributed by atoms with Crippen LogP contribution in [0.4, 0.5) is 0 Å². The number of carboxylic acid groups (broad SMARTS) is 2. The zero-order valence-electron chi connectivity index (χ0n) is 9.67. The Hall–Kier alpha value is -1.14. The molecule has 2 N–H and O–H groups in total. The third-order valence-corrected chi connectivity index (χ3v) is 3.99. The first kappa shape index (κ1) is 14.9. The van der Waals surface area contributed by atoms with Crippen LogP contribution in [0.25, 0.3) is 0 Å². The molecule has 1 rings (SSSR count). The third kappa shape index (κ3) is 6.56. The number of thioether (sulfide) groups is 2. The summed E-state index contributed by atoms with van der Waals surface area (Å²) in [5, 5.41) is 17.0. The monoisotopic (exact) mass is 286 g/mol. The molecule has 18 heavy (non-hydrogen) atoms. The lowest BCUT2D eigenvalue weighted by molar-refractivity contribution is -0.134. The molecule has 6 heteroatoms. The summed E-state index contributed by atoms with van der Waals surface area (Å²) in [5.41, 5.74) is 2.15. The van der Waals surface area contributed by atoms with E-state index >= 15 is 0 Å². The molecule has 0 atom stereocenters. The summed E-state index contributed by atoms with van der Waals surface area (Å²) in [6.07, 6.45) is 0. The van der Waals surface area contributed by atoms with Crippen LogP contribution in [-0.2, 0) is 21.1 Å². The van der Waals surface area contributed by atoms with Crippen molar-refractivity contribution in [3.8, 4) is 0 Å². The first-order chi connectivity index (χ1) is 8.58. The van der Waals surface area contributed by atoms with E-state index in [0.29, 0.717) is 11.5 Å². The van der Waals surface area contributed by atoms with Gasteiger partial charge in [0.2, 0.25) is 0 Å². The Kier molecular flexibility index (Phi) is 6.67. The number of hydrogen-bond donors (Lipinski definition) is 2. The molecule has 98 valence electrons. The van der Waals surface area contributed by atoms with E-state index in [1.54, 1.807) is 0 Å². The lowest BCUT2D eigenvalue weighted by Gasteiger charge is -2.03. The average Bonchev–Trinajstić information content (AvgIpc) is 2.30. The van der Waals surface area contributed by atoms with Crippen LogP contribution >= 0.6 is 23.5 Å². The van der Waals surface area contributed by atoms with Crippen LogP contribution in [0, 0.1) is 0 Å². The highest BCUT2D eigenvalue weighted by Crippen LogP contribution is 2.16. The van der Waals surface area contributed by atoms with Gasteiger partial charge < -0.3 is 10.2 Å². The van der Waals surface area contributed by atoms with Crippen molar-refractivity contribution in [3.63, 3.8) is 0 Å². The van der Waals surface area contributed by atoms with Crippen molar-refractivity contribution in [2.75, 3.05) is 11.5 Å². The Morgan fingerprint density at radius 1 is 0.833 bits per heavy atom. The van der Waals surface area contributed by atoms with Gasteiger partial charge in [0.15, 0.2) is 0 Å². The van der Waals surface area contributed by atoms with E-state index in [4.69, 9.17) is 10.2 Å². The van der Waals surface area contributed by atoms with Crippen LogP contribution in [-0.4, -0.2) is 33.7 Å². The maximum Gasteiger partial charge on any atom is 0.313 e. The second-order valence-corrected chi connectivity index (χ2v) is 5.56. The topological polar surface area (TPSA) is 74.6 Å². The first-order valence-corrected chi connectivity index (χ1v) is 7.56. The molecule has 0 saturated carbocycles. The molecule has 0 aliphatic heterocycles. The van der Waals surface area contributed by atoms with E-state index in [9.17, 15) is 9.59 Å². The quantitative estimate of drug-likeness (QED) is 0.764. The Morgan fingerprint density at radius 2 is 1.17 bits per heavy atom. The Bertz CT molecular complexity index is 364. The molecule has 0 heterocycles. The summed E-state index contributed by atoms with van der Waals surface area (Å²) >= 11 is 2.72. The molecule has 0 radical (unpaired) electrons. The number of hydrogen-bond acceptors (Lipinski definition) is 4. The average molecular weight is 286 g/mol. The lowest BCUT2D eigenvalue weighted by Crippen LogP contribution is -1.98. The summed E-state index contributed by atoms with van der Waals surface area (Å²) < 4.78 is 0. The zero-order valence-corrected chi connectivity index (χ0v) is 11.3. The second kappa shape index (κ2) is 8.05. The zero-order chi connectivity index (χ0) is 13.4. The molecule has 4 nitrogen and oxygen atoms in total. The van der Waals surface area contributed by atoms with Gasteiger partial charge >= 0.3 is 11.9 Å². The van der Waals surface area contributed by atoms with Crippen LogP contribution in [0.3, 0.4) is 0 Å². The van der Waals surface area contributed by atoms with Crippen LogP contribution in [0.15, 0.2) is 24.3 Å². The number of benzene rings is 1. The molecule has 0 unspecified atom stereocenters. The fourth-order valence-electron chi connectivity index (χ4n) is 1.24. The number of rotatable bonds is 8. The molecule has 0 fully saturated rings. The van der Waals surface area contributed by atoms with Crippen molar-refractivity contribution in [1.29, 1.82) is 0 Å². The lowest BCUT2D eigenvalue weighted by atomic mass is 10.2. The predicted molar refractivity (Wildman–Crippen MR) is 74.0 cm³/mol. The summed E-state index contributed by atoms with van der Waals surface area (Å²) in [4.78, 5) is 20.7. The molecular weight excluding hydrogens is 272 g/mol. The second-order valence-electron chi connectivity index (χ2n) is 3.59. The highest BCUT2D eigenvalue weighted by atomic mass is 32.2. The minimum Gasteiger partial charge on any atom is -0.481 e. The Morgan fingerprint density at radius 3 is 1.44 bits per heavy atom. The van der Waals surface area contributed by atoms with Gasteiger partial charge in [0.1, 0.15) is 0 Å². The Labute approximate surface area is 114 Å². The highest BCUT2D eigenvalue weighted by Gasteiger charge is 2.01. The molecule has 0 spiro atoms. The minimum atomic E-state index is -0.804. The molecule has 0 amide bonds. The number of aliphatic carboxylic acids is 2. The van der Waals surface area contributed by atoms with Crippen molar-refractivity contribution in [2.45, 2.75) is 11.5 Å². The van der Waals surface area contributed by atoms with Crippen LogP contribution in [0.1, 0.15) is 11.1 Å². The Balaban J connectivity index is 2.33. The summed E-state index contributed by atoms with van der Waals surface area (Å²) in [7, 11) is 0. The molecule has 0 saturated heterocycles. The molecule has 1 aromatic rings. The summed E-state index contributed by atoms with van der Waals surface area (Å²) in [6, 6.07) is 7.80. The predicted octanol–water partition coefficient (Wildman–Crippen LogP) is 2.32. The van der Waals surface area contributed by atoms with E-state index in [1.165, 1.54) is 23.5 Å². The summed E-state index contributed by atoms with van der Waals surface area (Å²) in [5.74, 6) is -0.0424. The smallest absolute Gasteiger partial charge is 0.313 e. The maximum absolute atomic E-state index is 10.3.